The van der Waals surface area contributed by atoms with Crippen LogP contribution in [0.3, 0.4) is 0 Å². The van der Waals surface area contributed by atoms with Gasteiger partial charge < -0.3 is 10.4 Å². The average Bonchev–Trinajstić information content (AvgIpc) is 2.70. The van der Waals surface area contributed by atoms with E-state index in [1.165, 1.54) is 6.42 Å². The Morgan fingerprint density at radius 3 is 2.62 bits per heavy atom. The molecule has 1 aliphatic heterocycles. The van der Waals surface area contributed by atoms with E-state index in [0.717, 1.165) is 31.4 Å². The molecule has 114 valence electrons. The number of carbonyl (C=O) groups excluding carboxylic acids is 1. The van der Waals surface area contributed by atoms with Crippen molar-refractivity contribution in [3.8, 4) is 0 Å². The van der Waals surface area contributed by atoms with Crippen LogP contribution in [0, 0.1) is 0 Å². The minimum absolute atomic E-state index is 0.0502. The Labute approximate surface area is 125 Å². The molecular formula is C16H22N2O3. The van der Waals surface area contributed by atoms with Gasteiger partial charge in [-0.1, -0.05) is 25.0 Å². The highest BCUT2D eigenvalue weighted by molar-refractivity contribution is 5.87. The van der Waals surface area contributed by atoms with Crippen LogP contribution in [0.5, 0.6) is 0 Å². The predicted molar refractivity (Wildman–Crippen MR) is 80.1 cm³/mol. The number of nitrogens with one attached hydrogen (secondary N) is 1. The Balaban J connectivity index is 1.89. The van der Waals surface area contributed by atoms with Crippen molar-refractivity contribution in [3.05, 3.63) is 35.4 Å². The van der Waals surface area contributed by atoms with Gasteiger partial charge in [-0.3, -0.25) is 9.69 Å². The number of likely N-dealkylation sites (N-methyl/N-ethyl adjacent to an activating group) is 1. The molecule has 1 aromatic carbocycles. The molecule has 0 aromatic heterocycles. The van der Waals surface area contributed by atoms with Gasteiger partial charge in [0.2, 0.25) is 5.91 Å². The first-order valence-corrected chi connectivity index (χ1v) is 7.38. The number of amides is 1. The molecule has 5 heteroatoms. The maximum absolute atomic E-state index is 12.3. The van der Waals surface area contributed by atoms with Crippen LogP contribution in [0.25, 0.3) is 0 Å². The zero-order valence-corrected chi connectivity index (χ0v) is 12.3. The van der Waals surface area contributed by atoms with Crippen LogP contribution in [0.1, 0.15) is 41.6 Å². The van der Waals surface area contributed by atoms with Crippen molar-refractivity contribution in [1.29, 1.82) is 0 Å². The van der Waals surface area contributed by atoms with Crippen LogP contribution in [0.15, 0.2) is 24.3 Å². The summed E-state index contributed by atoms with van der Waals surface area (Å²) in [6, 6.07) is 6.54. The van der Waals surface area contributed by atoms with E-state index < -0.39 is 5.97 Å². The van der Waals surface area contributed by atoms with E-state index in [4.69, 9.17) is 5.11 Å². The van der Waals surface area contributed by atoms with Crippen LogP contribution < -0.4 is 5.32 Å². The van der Waals surface area contributed by atoms with Crippen LogP contribution >= 0.6 is 0 Å². The zero-order chi connectivity index (χ0) is 15.2. The van der Waals surface area contributed by atoms with Crippen molar-refractivity contribution in [2.75, 3.05) is 13.6 Å². The molecule has 1 saturated heterocycles. The first-order chi connectivity index (χ1) is 10.1. The predicted octanol–water partition coefficient (Wildman–Crippen LogP) is 1.88. The second-order valence-electron chi connectivity index (χ2n) is 5.57. The third-order valence-electron chi connectivity index (χ3n) is 3.99. The lowest BCUT2D eigenvalue weighted by atomic mass is 10.1. The topological polar surface area (TPSA) is 69.6 Å². The van der Waals surface area contributed by atoms with E-state index in [0.29, 0.717) is 6.54 Å². The summed E-state index contributed by atoms with van der Waals surface area (Å²) in [5, 5.41) is 11.8. The van der Waals surface area contributed by atoms with Gasteiger partial charge in [-0.15, -0.1) is 0 Å². The molecular weight excluding hydrogens is 268 g/mol. The van der Waals surface area contributed by atoms with Gasteiger partial charge in [0, 0.05) is 6.54 Å². The van der Waals surface area contributed by atoms with Crippen LogP contribution in [0.2, 0.25) is 0 Å². The van der Waals surface area contributed by atoms with E-state index in [2.05, 4.69) is 10.2 Å². The third kappa shape index (κ3) is 4.29. The van der Waals surface area contributed by atoms with Gasteiger partial charge in [0.1, 0.15) is 0 Å². The summed E-state index contributed by atoms with van der Waals surface area (Å²) in [7, 11) is 2.00. The number of carboxylic acid groups (broad SMARTS) is 1. The highest BCUT2D eigenvalue weighted by Gasteiger charge is 2.24. The lowest BCUT2D eigenvalue weighted by Gasteiger charge is -2.24. The number of likely N-dealkylation sites (tertiary alicyclic amines) is 1. The third-order valence-corrected chi connectivity index (χ3v) is 3.99. The molecule has 0 unspecified atom stereocenters. The fourth-order valence-electron chi connectivity index (χ4n) is 2.66. The summed E-state index contributed by atoms with van der Waals surface area (Å²) in [4.78, 5) is 25.2. The van der Waals surface area contributed by atoms with Crippen molar-refractivity contribution >= 4 is 11.9 Å². The van der Waals surface area contributed by atoms with E-state index in [9.17, 15) is 9.59 Å². The molecule has 0 saturated carbocycles. The highest BCUT2D eigenvalue weighted by Crippen LogP contribution is 2.15. The van der Waals surface area contributed by atoms with E-state index in [-0.39, 0.29) is 17.5 Å². The highest BCUT2D eigenvalue weighted by atomic mass is 16.4. The number of benzene rings is 1. The number of carboxylic acids is 1. The molecule has 5 nitrogen and oxygen atoms in total. The molecule has 0 aliphatic carbocycles. The molecule has 1 atom stereocenters. The lowest BCUT2D eigenvalue weighted by Crippen LogP contribution is -2.44. The second-order valence-corrected chi connectivity index (χ2v) is 5.57. The Morgan fingerprint density at radius 1 is 1.24 bits per heavy atom. The maximum atomic E-state index is 12.3. The number of aromatic carboxylic acids is 1. The lowest BCUT2D eigenvalue weighted by molar-refractivity contribution is -0.126. The standard InChI is InChI=1S/C16H22N2O3/c1-18-10-4-2-3-5-14(18)15(19)17-11-12-6-8-13(9-7-12)16(20)21/h6-9,14H,2-5,10-11H2,1H3,(H,17,19)(H,20,21)/t14-/m0/s1. The first-order valence-electron chi connectivity index (χ1n) is 7.38. The first kappa shape index (κ1) is 15.5. The smallest absolute Gasteiger partial charge is 0.335 e. The molecule has 0 spiro atoms. The largest absolute Gasteiger partial charge is 0.478 e. The number of hydrogen-bond acceptors (Lipinski definition) is 3. The molecule has 0 bridgehead atoms. The summed E-state index contributed by atoms with van der Waals surface area (Å²) in [5.74, 6) is -0.882. The van der Waals surface area contributed by atoms with Crippen molar-refractivity contribution in [2.45, 2.75) is 38.3 Å². The molecule has 1 fully saturated rings. The summed E-state index contributed by atoms with van der Waals surface area (Å²) >= 11 is 0. The molecule has 2 N–H and O–H groups in total. The van der Waals surface area contributed by atoms with Crippen molar-refractivity contribution in [3.63, 3.8) is 0 Å². The van der Waals surface area contributed by atoms with Crippen LogP contribution in [0.4, 0.5) is 0 Å². The Bertz CT molecular complexity index is 499. The maximum Gasteiger partial charge on any atom is 0.335 e. The quantitative estimate of drug-likeness (QED) is 0.888. The number of carbonyl (C=O) groups is 2. The van der Waals surface area contributed by atoms with Gasteiger partial charge in [-0.2, -0.15) is 0 Å². The van der Waals surface area contributed by atoms with Gasteiger partial charge in [-0.05, 0) is 44.1 Å². The average molecular weight is 290 g/mol. The minimum Gasteiger partial charge on any atom is -0.478 e. The molecule has 1 aromatic rings. The van der Waals surface area contributed by atoms with Gasteiger partial charge in [0.05, 0.1) is 11.6 Å². The van der Waals surface area contributed by atoms with Crippen molar-refractivity contribution < 1.29 is 14.7 Å². The van der Waals surface area contributed by atoms with Gasteiger partial charge in [0.25, 0.3) is 0 Å². The zero-order valence-electron chi connectivity index (χ0n) is 12.3. The van der Waals surface area contributed by atoms with E-state index >= 15 is 0 Å². The van der Waals surface area contributed by atoms with Crippen molar-refractivity contribution in [2.24, 2.45) is 0 Å². The molecule has 2 rings (SSSR count). The number of rotatable bonds is 4. The minimum atomic E-state index is -0.939. The van der Waals surface area contributed by atoms with Crippen LogP contribution in [-0.2, 0) is 11.3 Å². The number of nitrogens with zero attached hydrogens (tertiary/aromatic N) is 1. The fourth-order valence-corrected chi connectivity index (χ4v) is 2.66. The van der Waals surface area contributed by atoms with Crippen molar-refractivity contribution in [1.82, 2.24) is 10.2 Å². The Hall–Kier alpha value is -1.88. The van der Waals surface area contributed by atoms with E-state index in [1.807, 2.05) is 7.05 Å². The Kier molecular flexibility index (Phi) is 5.33. The summed E-state index contributed by atoms with van der Waals surface area (Å²) in [5.41, 5.74) is 1.17. The second kappa shape index (κ2) is 7.22. The summed E-state index contributed by atoms with van der Waals surface area (Å²) < 4.78 is 0. The van der Waals surface area contributed by atoms with Gasteiger partial charge in [0.15, 0.2) is 0 Å². The molecule has 1 aliphatic rings. The monoisotopic (exact) mass is 290 g/mol. The van der Waals surface area contributed by atoms with Gasteiger partial charge in [-0.25, -0.2) is 4.79 Å². The molecule has 0 radical (unpaired) electrons. The Morgan fingerprint density at radius 2 is 1.95 bits per heavy atom. The van der Waals surface area contributed by atoms with E-state index in [1.54, 1.807) is 24.3 Å². The number of hydrogen-bond donors (Lipinski definition) is 2. The molecule has 1 amide bonds. The van der Waals surface area contributed by atoms with Crippen LogP contribution in [-0.4, -0.2) is 41.5 Å². The molecule has 1 heterocycles. The molecule has 21 heavy (non-hydrogen) atoms. The fraction of sp³-hybridized carbons (Fsp3) is 0.500. The summed E-state index contributed by atoms with van der Waals surface area (Å²) in [6.07, 6.45) is 4.33. The normalized spacial score (nSPS) is 19.8. The van der Waals surface area contributed by atoms with Gasteiger partial charge >= 0.3 is 5.97 Å². The SMILES string of the molecule is CN1CCCCC[C@H]1C(=O)NCc1ccc(C(=O)O)cc1. The summed E-state index contributed by atoms with van der Waals surface area (Å²) in [6.45, 7) is 1.40.